The maximum Gasteiger partial charge on any atom is 0.330 e. The van der Waals surface area contributed by atoms with E-state index in [1.807, 2.05) is 13.8 Å². The molecule has 0 saturated heterocycles. The Kier molecular flexibility index (Phi) is 6.01. The average molecular weight is 394 g/mol. The molecule has 0 bridgehead atoms. The molecule has 0 radical (unpaired) electrons. The van der Waals surface area contributed by atoms with E-state index in [9.17, 15) is 19.5 Å². The molecule has 3 aromatic rings. The normalized spacial score (nSPS) is 13.2. The highest BCUT2D eigenvalue weighted by molar-refractivity contribution is 5.87. The first-order valence-electron chi connectivity index (χ1n) is 9.31. The molecule has 0 spiro atoms. The van der Waals surface area contributed by atoms with E-state index in [1.165, 1.54) is 0 Å². The number of hydrogen-bond acceptors (Lipinski definition) is 5. The van der Waals surface area contributed by atoms with Crippen LogP contribution in [0.25, 0.3) is 10.9 Å². The summed E-state index contributed by atoms with van der Waals surface area (Å²) in [6, 6.07) is 12.9. The van der Waals surface area contributed by atoms with Crippen LogP contribution in [0.5, 0.6) is 0 Å². The van der Waals surface area contributed by atoms with Gasteiger partial charge in [0.2, 0.25) is 5.91 Å². The van der Waals surface area contributed by atoms with Gasteiger partial charge in [0, 0.05) is 0 Å². The fourth-order valence-corrected chi connectivity index (χ4v) is 3.14. The highest BCUT2D eigenvalue weighted by Gasteiger charge is 2.30. The maximum absolute atomic E-state index is 13.1. The highest BCUT2D eigenvalue weighted by Crippen LogP contribution is 2.19. The van der Waals surface area contributed by atoms with Crippen LogP contribution in [0.3, 0.4) is 0 Å². The van der Waals surface area contributed by atoms with Gasteiger partial charge in [0.05, 0.1) is 5.39 Å². The van der Waals surface area contributed by atoms with Crippen molar-refractivity contribution in [1.29, 1.82) is 0 Å². The van der Waals surface area contributed by atoms with Gasteiger partial charge in [0.25, 0.3) is 5.56 Å². The van der Waals surface area contributed by atoms with Gasteiger partial charge in [-0.15, -0.1) is 5.10 Å². The molecule has 1 aromatic heterocycles. The minimum Gasteiger partial charge on any atom is -0.479 e. The van der Waals surface area contributed by atoms with E-state index < -0.39 is 29.5 Å². The summed E-state index contributed by atoms with van der Waals surface area (Å²) in [4.78, 5) is 37.7. The molecule has 29 heavy (non-hydrogen) atoms. The largest absolute Gasteiger partial charge is 0.479 e. The highest BCUT2D eigenvalue weighted by atomic mass is 16.4. The Balaban J connectivity index is 1.98. The van der Waals surface area contributed by atoms with Crippen LogP contribution >= 0.6 is 0 Å². The smallest absolute Gasteiger partial charge is 0.330 e. The number of aliphatic carboxylic acids is 1. The van der Waals surface area contributed by atoms with Crippen molar-refractivity contribution in [3.05, 3.63) is 70.5 Å². The van der Waals surface area contributed by atoms with E-state index in [1.54, 1.807) is 54.6 Å². The lowest BCUT2D eigenvalue weighted by molar-refractivity contribution is -0.142. The fourth-order valence-electron chi connectivity index (χ4n) is 3.14. The summed E-state index contributed by atoms with van der Waals surface area (Å²) in [6.07, 6.45) is 0.305. The summed E-state index contributed by atoms with van der Waals surface area (Å²) in [5.74, 6) is -1.72. The van der Waals surface area contributed by atoms with E-state index in [2.05, 4.69) is 15.6 Å². The first-order valence-corrected chi connectivity index (χ1v) is 9.31. The van der Waals surface area contributed by atoms with Gasteiger partial charge in [-0.05, 0) is 30.0 Å². The Bertz CT molecular complexity index is 1080. The molecule has 150 valence electrons. The minimum atomic E-state index is -1.23. The van der Waals surface area contributed by atoms with Gasteiger partial charge in [0.1, 0.15) is 11.6 Å². The summed E-state index contributed by atoms with van der Waals surface area (Å²) < 4.78 is 1.04. The number of nitrogens with zero attached hydrogens (tertiary/aromatic N) is 3. The van der Waals surface area contributed by atoms with Crippen LogP contribution in [-0.4, -0.2) is 32.0 Å². The molecule has 8 nitrogen and oxygen atoms in total. The molecule has 2 N–H and O–H groups in total. The molecule has 0 aliphatic heterocycles. The molecule has 1 amide bonds. The Morgan fingerprint density at radius 2 is 1.72 bits per heavy atom. The van der Waals surface area contributed by atoms with Crippen LogP contribution < -0.4 is 10.9 Å². The van der Waals surface area contributed by atoms with Crippen LogP contribution in [0.4, 0.5) is 0 Å². The van der Waals surface area contributed by atoms with Crippen molar-refractivity contribution in [2.75, 3.05) is 0 Å². The van der Waals surface area contributed by atoms with Crippen molar-refractivity contribution in [2.45, 2.75) is 32.4 Å². The summed E-state index contributed by atoms with van der Waals surface area (Å²) in [5.41, 5.74) is 0.432. The summed E-state index contributed by atoms with van der Waals surface area (Å²) in [5, 5.41) is 20.5. The van der Waals surface area contributed by atoms with Crippen molar-refractivity contribution in [2.24, 2.45) is 5.92 Å². The molecule has 1 heterocycles. The van der Waals surface area contributed by atoms with Gasteiger partial charge in [-0.3, -0.25) is 9.59 Å². The van der Waals surface area contributed by atoms with Gasteiger partial charge in [0.15, 0.2) is 6.04 Å². The van der Waals surface area contributed by atoms with Crippen molar-refractivity contribution < 1.29 is 14.7 Å². The summed E-state index contributed by atoms with van der Waals surface area (Å²) in [6.45, 7) is 3.82. The van der Waals surface area contributed by atoms with Crippen LogP contribution in [0.15, 0.2) is 59.4 Å². The predicted molar refractivity (Wildman–Crippen MR) is 107 cm³/mol. The van der Waals surface area contributed by atoms with E-state index in [0.29, 0.717) is 22.9 Å². The lowest BCUT2D eigenvalue weighted by Crippen LogP contribution is -2.42. The van der Waals surface area contributed by atoms with Crippen LogP contribution in [0.1, 0.15) is 37.9 Å². The fraction of sp³-hybridized carbons (Fsp3) is 0.286. The number of benzene rings is 2. The zero-order valence-corrected chi connectivity index (χ0v) is 16.1. The van der Waals surface area contributed by atoms with Gasteiger partial charge < -0.3 is 10.4 Å². The molecule has 0 aliphatic rings. The van der Waals surface area contributed by atoms with Crippen LogP contribution in [0.2, 0.25) is 0 Å². The maximum atomic E-state index is 13.1. The molecule has 0 saturated carbocycles. The SMILES string of the molecule is CC(C)C[C@H](C(=O)N[C@H](C(=O)O)c1ccccc1)n1nnc2ccccc2c1=O. The third kappa shape index (κ3) is 4.48. The molecule has 8 heteroatoms. The van der Waals surface area contributed by atoms with Crippen molar-refractivity contribution in [3.8, 4) is 0 Å². The Labute approximate surface area is 167 Å². The second kappa shape index (κ2) is 8.64. The molecular weight excluding hydrogens is 372 g/mol. The molecule has 0 aliphatic carbocycles. The number of carbonyl (C=O) groups is 2. The molecule has 3 rings (SSSR count). The number of hydrogen-bond donors (Lipinski definition) is 2. The quantitative estimate of drug-likeness (QED) is 0.636. The third-order valence-electron chi connectivity index (χ3n) is 4.55. The molecule has 0 fully saturated rings. The Hall–Kier alpha value is -3.55. The van der Waals surface area contributed by atoms with Gasteiger partial charge in [-0.1, -0.05) is 61.5 Å². The zero-order valence-electron chi connectivity index (χ0n) is 16.1. The predicted octanol–water partition coefficient (Wildman–Crippen LogP) is 2.32. The Morgan fingerprint density at radius 3 is 2.38 bits per heavy atom. The summed E-state index contributed by atoms with van der Waals surface area (Å²) in [7, 11) is 0. The number of nitrogens with one attached hydrogen (secondary N) is 1. The Morgan fingerprint density at radius 1 is 1.07 bits per heavy atom. The molecule has 0 unspecified atom stereocenters. The zero-order chi connectivity index (χ0) is 21.0. The third-order valence-corrected chi connectivity index (χ3v) is 4.55. The summed E-state index contributed by atoms with van der Waals surface area (Å²) >= 11 is 0. The minimum absolute atomic E-state index is 0.0610. The number of carboxylic acids is 1. The van der Waals surface area contributed by atoms with E-state index in [-0.39, 0.29) is 5.92 Å². The number of fused-ring (bicyclic) bond motifs is 1. The molecule has 2 atom stereocenters. The first-order chi connectivity index (χ1) is 13.9. The second-order valence-corrected chi connectivity index (χ2v) is 7.19. The number of carbonyl (C=O) groups excluding carboxylic acids is 1. The van der Waals surface area contributed by atoms with Gasteiger partial charge >= 0.3 is 5.97 Å². The van der Waals surface area contributed by atoms with Crippen LogP contribution in [-0.2, 0) is 9.59 Å². The van der Waals surface area contributed by atoms with Crippen LogP contribution in [0, 0.1) is 5.92 Å². The van der Waals surface area contributed by atoms with Gasteiger partial charge in [-0.25, -0.2) is 4.79 Å². The number of aromatic nitrogens is 3. The van der Waals surface area contributed by atoms with Crippen molar-refractivity contribution >= 4 is 22.8 Å². The number of amides is 1. The monoisotopic (exact) mass is 394 g/mol. The molecule has 2 aromatic carbocycles. The molecular formula is C21H22N4O4. The number of rotatable bonds is 7. The van der Waals surface area contributed by atoms with E-state index >= 15 is 0 Å². The topological polar surface area (TPSA) is 114 Å². The average Bonchev–Trinajstić information content (AvgIpc) is 2.71. The van der Waals surface area contributed by atoms with E-state index in [0.717, 1.165) is 4.68 Å². The number of carboxylic acid groups (broad SMARTS) is 1. The lowest BCUT2D eigenvalue weighted by Gasteiger charge is -2.22. The van der Waals surface area contributed by atoms with Crippen molar-refractivity contribution in [1.82, 2.24) is 20.3 Å². The first kappa shape index (κ1) is 20.2. The van der Waals surface area contributed by atoms with Gasteiger partial charge in [-0.2, -0.15) is 4.68 Å². The lowest BCUT2D eigenvalue weighted by atomic mass is 10.0. The van der Waals surface area contributed by atoms with E-state index in [4.69, 9.17) is 0 Å². The van der Waals surface area contributed by atoms with Crippen molar-refractivity contribution in [3.63, 3.8) is 0 Å². The second-order valence-electron chi connectivity index (χ2n) is 7.19. The standard InChI is InChI=1S/C21H22N4O4/c1-13(2)12-17(25-20(27)15-10-6-7-11-16(15)23-24-25)19(26)22-18(21(28)29)14-8-4-3-5-9-14/h3-11,13,17-18H,12H2,1-2H3,(H,22,26)(H,28,29)/t17-,18+/m1/s1.